The Morgan fingerprint density at radius 1 is 1.00 bits per heavy atom. The van der Waals surface area contributed by atoms with Gasteiger partial charge in [-0.1, -0.05) is 31.0 Å². The van der Waals surface area contributed by atoms with Crippen LogP contribution in [0.4, 0.5) is 0 Å². The number of aromatic nitrogens is 3. The first-order valence-corrected chi connectivity index (χ1v) is 10.2. The number of hydrogen-bond acceptors (Lipinski definition) is 5. The first-order valence-electron chi connectivity index (χ1n) is 10.2. The maximum absolute atomic E-state index is 12.6. The molecule has 2 aromatic carbocycles. The van der Waals surface area contributed by atoms with Gasteiger partial charge in [-0.3, -0.25) is 4.79 Å². The van der Waals surface area contributed by atoms with Gasteiger partial charge in [0.05, 0.1) is 0 Å². The van der Waals surface area contributed by atoms with E-state index in [2.05, 4.69) is 10.2 Å². The van der Waals surface area contributed by atoms with Crippen LogP contribution in [0.15, 0.2) is 42.5 Å². The largest absolute Gasteiger partial charge is 0.481 e. The third-order valence-corrected chi connectivity index (χ3v) is 5.24. The van der Waals surface area contributed by atoms with E-state index in [0.29, 0.717) is 17.9 Å². The summed E-state index contributed by atoms with van der Waals surface area (Å²) in [7, 11) is 0. The van der Waals surface area contributed by atoms with Gasteiger partial charge in [0.15, 0.2) is 6.61 Å². The molecular weight excluding hydrogens is 368 g/mol. The topological polar surface area (TPSA) is 80.5 Å². The van der Waals surface area contributed by atoms with Crippen molar-refractivity contribution in [2.45, 2.75) is 32.1 Å². The lowest BCUT2D eigenvalue weighted by Crippen LogP contribution is -2.35. The van der Waals surface area contributed by atoms with E-state index in [1.807, 2.05) is 47.4 Å². The standard InChI is InChI=1S/C22H26N4O3/c27-14-11-17-9-10-21(29-16-22(28)25-12-5-1-2-6-13-25)20(15-17)26-23-18-7-3-4-8-19(18)24-26/h3-4,7-10,15,27H,1-2,5-6,11-14,16H2. The molecule has 3 aromatic rings. The number of carbonyl (C=O) groups is 1. The molecule has 1 aliphatic rings. The van der Waals surface area contributed by atoms with Crippen LogP contribution in [-0.2, 0) is 11.2 Å². The fourth-order valence-electron chi connectivity index (χ4n) is 3.64. The van der Waals surface area contributed by atoms with E-state index < -0.39 is 0 Å². The fourth-order valence-corrected chi connectivity index (χ4v) is 3.64. The molecule has 0 atom stereocenters. The molecule has 7 heteroatoms. The molecule has 4 rings (SSSR count). The fraction of sp³-hybridized carbons (Fsp3) is 0.409. The van der Waals surface area contributed by atoms with Crippen LogP contribution >= 0.6 is 0 Å². The third-order valence-electron chi connectivity index (χ3n) is 5.24. The van der Waals surface area contributed by atoms with Crippen molar-refractivity contribution in [2.24, 2.45) is 0 Å². The highest BCUT2D eigenvalue weighted by molar-refractivity contribution is 5.78. The Hall–Kier alpha value is -2.93. The molecule has 0 aliphatic carbocycles. The Morgan fingerprint density at radius 2 is 1.69 bits per heavy atom. The summed E-state index contributed by atoms with van der Waals surface area (Å²) in [6.07, 6.45) is 4.99. The predicted molar refractivity (Wildman–Crippen MR) is 110 cm³/mol. The lowest BCUT2D eigenvalue weighted by Gasteiger charge is -2.21. The summed E-state index contributed by atoms with van der Waals surface area (Å²) in [5.74, 6) is 0.561. The Balaban J connectivity index is 1.58. The molecule has 0 saturated carbocycles. The summed E-state index contributed by atoms with van der Waals surface area (Å²) >= 11 is 0. The average Bonchev–Trinajstić information content (AvgIpc) is 2.98. The molecule has 2 heterocycles. The van der Waals surface area contributed by atoms with E-state index in [-0.39, 0.29) is 19.1 Å². The van der Waals surface area contributed by atoms with Crippen LogP contribution in [0.2, 0.25) is 0 Å². The quantitative estimate of drug-likeness (QED) is 0.695. The van der Waals surface area contributed by atoms with Crippen molar-refractivity contribution in [3.8, 4) is 11.4 Å². The molecule has 0 unspecified atom stereocenters. The molecule has 1 fully saturated rings. The van der Waals surface area contributed by atoms with Crippen molar-refractivity contribution in [2.75, 3.05) is 26.3 Å². The van der Waals surface area contributed by atoms with Crippen molar-refractivity contribution in [3.05, 3.63) is 48.0 Å². The number of benzene rings is 2. The number of nitrogens with zero attached hydrogens (tertiary/aromatic N) is 4. The van der Waals surface area contributed by atoms with Crippen LogP contribution in [0.1, 0.15) is 31.2 Å². The first-order chi connectivity index (χ1) is 14.2. The van der Waals surface area contributed by atoms with Gasteiger partial charge in [0.2, 0.25) is 0 Å². The van der Waals surface area contributed by atoms with Gasteiger partial charge in [-0.05, 0) is 49.1 Å². The van der Waals surface area contributed by atoms with Crippen LogP contribution in [0, 0.1) is 0 Å². The van der Waals surface area contributed by atoms with E-state index in [4.69, 9.17) is 4.74 Å². The molecule has 1 saturated heterocycles. The smallest absolute Gasteiger partial charge is 0.260 e. The van der Waals surface area contributed by atoms with Crippen molar-refractivity contribution >= 4 is 16.9 Å². The zero-order valence-electron chi connectivity index (χ0n) is 16.5. The second-order valence-electron chi connectivity index (χ2n) is 7.34. The van der Waals surface area contributed by atoms with Crippen LogP contribution in [0.25, 0.3) is 16.7 Å². The second-order valence-corrected chi connectivity index (χ2v) is 7.34. The minimum atomic E-state index is -0.00681. The summed E-state index contributed by atoms with van der Waals surface area (Å²) in [5, 5.41) is 18.4. The summed E-state index contributed by atoms with van der Waals surface area (Å²) in [6, 6.07) is 13.3. The van der Waals surface area contributed by atoms with Gasteiger partial charge in [-0.2, -0.15) is 0 Å². The van der Waals surface area contributed by atoms with E-state index in [0.717, 1.165) is 42.5 Å². The van der Waals surface area contributed by atoms with Gasteiger partial charge in [-0.15, -0.1) is 15.0 Å². The van der Waals surface area contributed by atoms with Gasteiger partial charge in [0.25, 0.3) is 5.91 Å². The molecular formula is C22H26N4O3. The van der Waals surface area contributed by atoms with Crippen LogP contribution < -0.4 is 4.74 Å². The number of aliphatic hydroxyl groups excluding tert-OH is 1. The molecule has 1 N–H and O–H groups in total. The number of likely N-dealkylation sites (tertiary alicyclic amines) is 1. The van der Waals surface area contributed by atoms with Gasteiger partial charge in [-0.25, -0.2) is 0 Å². The summed E-state index contributed by atoms with van der Waals surface area (Å²) in [6.45, 7) is 1.65. The molecule has 0 spiro atoms. The molecule has 1 aromatic heterocycles. The summed E-state index contributed by atoms with van der Waals surface area (Å²) < 4.78 is 5.92. The molecule has 0 radical (unpaired) electrons. The molecule has 29 heavy (non-hydrogen) atoms. The SMILES string of the molecule is O=C(COc1ccc(CCO)cc1-n1nc2ccccc2n1)N1CCCCCC1. The van der Waals surface area contributed by atoms with Crippen LogP contribution in [-0.4, -0.2) is 57.2 Å². The lowest BCUT2D eigenvalue weighted by molar-refractivity contribution is -0.133. The Kier molecular flexibility index (Phi) is 6.05. The minimum absolute atomic E-state index is 0.00681. The normalized spacial score (nSPS) is 14.7. The maximum atomic E-state index is 12.6. The Bertz CT molecular complexity index is 944. The van der Waals surface area contributed by atoms with Crippen molar-refractivity contribution in [1.82, 2.24) is 19.9 Å². The highest BCUT2D eigenvalue weighted by atomic mass is 16.5. The van der Waals surface area contributed by atoms with Gasteiger partial charge < -0.3 is 14.7 Å². The zero-order valence-corrected chi connectivity index (χ0v) is 16.5. The summed E-state index contributed by atoms with van der Waals surface area (Å²) in [4.78, 5) is 16.0. The Morgan fingerprint density at radius 3 is 2.34 bits per heavy atom. The van der Waals surface area contributed by atoms with Crippen LogP contribution in [0.5, 0.6) is 5.75 Å². The van der Waals surface area contributed by atoms with Crippen molar-refractivity contribution < 1.29 is 14.6 Å². The number of fused-ring (bicyclic) bond motifs is 1. The molecule has 1 aliphatic heterocycles. The van der Waals surface area contributed by atoms with E-state index in [1.165, 1.54) is 17.6 Å². The maximum Gasteiger partial charge on any atom is 0.260 e. The van der Waals surface area contributed by atoms with Crippen molar-refractivity contribution in [1.29, 1.82) is 0 Å². The molecule has 1 amide bonds. The third kappa shape index (κ3) is 4.56. The lowest BCUT2D eigenvalue weighted by atomic mass is 10.1. The van der Waals surface area contributed by atoms with Crippen molar-refractivity contribution in [3.63, 3.8) is 0 Å². The minimum Gasteiger partial charge on any atom is -0.481 e. The summed E-state index contributed by atoms with van der Waals surface area (Å²) in [5.41, 5.74) is 3.18. The number of carbonyl (C=O) groups excluding carboxylic acids is 1. The number of rotatable bonds is 6. The number of ether oxygens (including phenoxy) is 1. The van der Waals surface area contributed by atoms with E-state index in [9.17, 15) is 9.90 Å². The highest BCUT2D eigenvalue weighted by Crippen LogP contribution is 2.25. The van der Waals surface area contributed by atoms with Gasteiger partial charge in [0.1, 0.15) is 22.5 Å². The van der Waals surface area contributed by atoms with Gasteiger partial charge >= 0.3 is 0 Å². The molecule has 0 bridgehead atoms. The number of amides is 1. The van der Waals surface area contributed by atoms with E-state index >= 15 is 0 Å². The molecule has 152 valence electrons. The predicted octanol–water partition coefficient (Wildman–Crippen LogP) is 2.74. The highest BCUT2D eigenvalue weighted by Gasteiger charge is 2.18. The second kappa shape index (κ2) is 9.05. The monoisotopic (exact) mass is 394 g/mol. The Labute approximate surface area is 169 Å². The van der Waals surface area contributed by atoms with E-state index in [1.54, 1.807) is 0 Å². The average molecular weight is 394 g/mol. The first kappa shape index (κ1) is 19.4. The molecule has 7 nitrogen and oxygen atoms in total. The van der Waals surface area contributed by atoms with Gasteiger partial charge in [0, 0.05) is 19.7 Å². The van der Waals surface area contributed by atoms with Crippen LogP contribution in [0.3, 0.4) is 0 Å². The zero-order chi connectivity index (χ0) is 20.1. The number of aliphatic hydroxyl groups is 1. The number of hydrogen-bond donors (Lipinski definition) is 1.